The molecule has 21 heavy (non-hydrogen) atoms. The molecular formula is C16H15Br2N3. The highest BCUT2D eigenvalue weighted by Crippen LogP contribution is 2.33. The van der Waals surface area contributed by atoms with Gasteiger partial charge in [-0.25, -0.2) is 4.98 Å². The molecule has 3 aromatic rings. The van der Waals surface area contributed by atoms with Crippen molar-refractivity contribution in [2.45, 2.75) is 20.0 Å². The Labute approximate surface area is 140 Å². The Balaban J connectivity index is 2.29. The van der Waals surface area contributed by atoms with Crippen LogP contribution in [0.4, 0.5) is 0 Å². The molecular weight excluding hydrogens is 394 g/mol. The van der Waals surface area contributed by atoms with Crippen LogP contribution in [-0.2, 0) is 13.1 Å². The van der Waals surface area contributed by atoms with Crippen LogP contribution in [-0.4, -0.2) is 9.55 Å². The number of nitrogens with zero attached hydrogens (tertiary/aromatic N) is 2. The topological polar surface area (TPSA) is 43.8 Å². The summed E-state index contributed by atoms with van der Waals surface area (Å²) in [6.45, 7) is 3.53. The molecule has 3 rings (SSSR count). The van der Waals surface area contributed by atoms with Gasteiger partial charge in [0.05, 0.1) is 11.0 Å². The SMILES string of the molecule is CCn1c(-c2cc(Br)ccc2Br)nc2cc(CN)ccc21. The van der Waals surface area contributed by atoms with Crippen LogP contribution in [0.5, 0.6) is 0 Å². The molecule has 0 unspecified atom stereocenters. The highest BCUT2D eigenvalue weighted by atomic mass is 79.9. The van der Waals surface area contributed by atoms with Crippen molar-refractivity contribution in [2.24, 2.45) is 5.73 Å². The number of imidazole rings is 1. The van der Waals surface area contributed by atoms with Gasteiger partial charge in [0.1, 0.15) is 5.82 Å². The first-order valence-electron chi connectivity index (χ1n) is 6.78. The van der Waals surface area contributed by atoms with Crippen molar-refractivity contribution in [2.75, 3.05) is 0 Å². The van der Waals surface area contributed by atoms with Crippen molar-refractivity contribution in [3.63, 3.8) is 0 Å². The molecule has 2 N–H and O–H groups in total. The van der Waals surface area contributed by atoms with E-state index in [9.17, 15) is 0 Å². The molecule has 0 bridgehead atoms. The van der Waals surface area contributed by atoms with E-state index in [0.29, 0.717) is 6.54 Å². The fraction of sp³-hybridized carbons (Fsp3) is 0.188. The van der Waals surface area contributed by atoms with Crippen LogP contribution in [0.3, 0.4) is 0 Å². The summed E-state index contributed by atoms with van der Waals surface area (Å²) in [5.74, 6) is 0.967. The average molecular weight is 409 g/mol. The lowest BCUT2D eigenvalue weighted by Gasteiger charge is -2.08. The Morgan fingerprint density at radius 1 is 1.14 bits per heavy atom. The van der Waals surface area contributed by atoms with Gasteiger partial charge in [-0.05, 0) is 42.8 Å². The Bertz CT molecular complexity index is 809. The number of hydrogen-bond acceptors (Lipinski definition) is 2. The van der Waals surface area contributed by atoms with E-state index in [0.717, 1.165) is 43.5 Å². The van der Waals surface area contributed by atoms with Crippen LogP contribution >= 0.6 is 31.9 Å². The van der Waals surface area contributed by atoms with E-state index in [1.54, 1.807) is 0 Å². The highest BCUT2D eigenvalue weighted by molar-refractivity contribution is 9.11. The summed E-state index contributed by atoms with van der Waals surface area (Å²) in [7, 11) is 0. The maximum atomic E-state index is 5.73. The summed E-state index contributed by atoms with van der Waals surface area (Å²) in [5, 5.41) is 0. The summed E-state index contributed by atoms with van der Waals surface area (Å²) < 4.78 is 4.30. The molecule has 0 fully saturated rings. The van der Waals surface area contributed by atoms with Crippen LogP contribution in [0.15, 0.2) is 45.3 Å². The third-order valence-electron chi connectivity index (χ3n) is 3.53. The molecule has 108 valence electrons. The normalized spacial score (nSPS) is 11.2. The van der Waals surface area contributed by atoms with Gasteiger partial charge in [-0.3, -0.25) is 0 Å². The molecule has 0 aliphatic heterocycles. The first-order valence-corrected chi connectivity index (χ1v) is 8.37. The quantitative estimate of drug-likeness (QED) is 0.682. The molecule has 0 amide bonds. The van der Waals surface area contributed by atoms with Gasteiger partial charge in [-0.15, -0.1) is 0 Å². The van der Waals surface area contributed by atoms with Crippen molar-refractivity contribution < 1.29 is 0 Å². The van der Waals surface area contributed by atoms with E-state index < -0.39 is 0 Å². The first kappa shape index (κ1) is 14.8. The molecule has 5 heteroatoms. The van der Waals surface area contributed by atoms with Gasteiger partial charge in [0, 0.05) is 27.6 Å². The van der Waals surface area contributed by atoms with Crippen LogP contribution in [0.25, 0.3) is 22.4 Å². The molecule has 0 saturated heterocycles. The number of aromatic nitrogens is 2. The number of halogens is 2. The average Bonchev–Trinajstić information content (AvgIpc) is 2.86. The first-order chi connectivity index (χ1) is 10.1. The fourth-order valence-electron chi connectivity index (χ4n) is 2.50. The zero-order valence-electron chi connectivity index (χ0n) is 11.6. The van der Waals surface area contributed by atoms with E-state index >= 15 is 0 Å². The van der Waals surface area contributed by atoms with Gasteiger partial charge >= 0.3 is 0 Å². The van der Waals surface area contributed by atoms with Crippen molar-refractivity contribution in [1.82, 2.24) is 9.55 Å². The maximum absolute atomic E-state index is 5.73. The van der Waals surface area contributed by atoms with Gasteiger partial charge in [-0.2, -0.15) is 0 Å². The van der Waals surface area contributed by atoms with E-state index in [2.05, 4.69) is 67.6 Å². The summed E-state index contributed by atoms with van der Waals surface area (Å²) in [6, 6.07) is 12.4. The third kappa shape index (κ3) is 2.65. The molecule has 2 aromatic carbocycles. The predicted molar refractivity (Wildman–Crippen MR) is 94.1 cm³/mol. The number of nitrogens with two attached hydrogens (primary N) is 1. The number of aryl methyl sites for hydroxylation is 1. The lowest BCUT2D eigenvalue weighted by molar-refractivity contribution is 0.796. The van der Waals surface area contributed by atoms with E-state index in [1.165, 1.54) is 0 Å². The minimum atomic E-state index is 0.533. The lowest BCUT2D eigenvalue weighted by Crippen LogP contribution is -1.98. The second kappa shape index (κ2) is 5.91. The minimum absolute atomic E-state index is 0.533. The van der Waals surface area contributed by atoms with Gasteiger partial charge in [-0.1, -0.05) is 37.9 Å². The smallest absolute Gasteiger partial charge is 0.142 e. The van der Waals surface area contributed by atoms with Gasteiger partial charge in [0.2, 0.25) is 0 Å². The highest BCUT2D eigenvalue weighted by Gasteiger charge is 2.14. The van der Waals surface area contributed by atoms with Crippen LogP contribution < -0.4 is 5.73 Å². The van der Waals surface area contributed by atoms with E-state index in [4.69, 9.17) is 10.7 Å². The standard InChI is InChI=1S/C16H15Br2N3/c1-2-21-15-6-3-10(9-19)7-14(15)20-16(21)12-8-11(17)4-5-13(12)18/h3-8H,2,9,19H2,1H3. The van der Waals surface area contributed by atoms with E-state index in [-0.39, 0.29) is 0 Å². The predicted octanol–water partition coefficient (Wildman–Crippen LogP) is 4.71. The Kier molecular flexibility index (Phi) is 4.15. The molecule has 0 radical (unpaired) electrons. The van der Waals surface area contributed by atoms with Crippen LogP contribution in [0, 0.1) is 0 Å². The Hall–Kier alpha value is -1.17. The second-order valence-corrected chi connectivity index (χ2v) is 6.60. The molecule has 0 saturated carbocycles. The zero-order valence-corrected chi connectivity index (χ0v) is 14.8. The molecule has 0 aliphatic rings. The maximum Gasteiger partial charge on any atom is 0.142 e. The lowest BCUT2D eigenvalue weighted by atomic mass is 10.2. The molecule has 3 nitrogen and oxygen atoms in total. The largest absolute Gasteiger partial charge is 0.326 e. The molecule has 0 atom stereocenters. The van der Waals surface area contributed by atoms with E-state index in [1.807, 2.05) is 12.1 Å². The number of rotatable bonds is 3. The third-order valence-corrected chi connectivity index (χ3v) is 4.72. The second-order valence-electron chi connectivity index (χ2n) is 4.83. The van der Waals surface area contributed by atoms with Crippen LogP contribution in [0.2, 0.25) is 0 Å². The van der Waals surface area contributed by atoms with Crippen molar-refractivity contribution in [3.05, 3.63) is 50.9 Å². The zero-order chi connectivity index (χ0) is 15.0. The van der Waals surface area contributed by atoms with Gasteiger partial charge in [0.25, 0.3) is 0 Å². The summed E-state index contributed by atoms with van der Waals surface area (Å²) >= 11 is 7.15. The Morgan fingerprint density at radius 2 is 1.95 bits per heavy atom. The fourth-order valence-corrected chi connectivity index (χ4v) is 3.28. The summed E-state index contributed by atoms with van der Waals surface area (Å²) in [5.41, 5.74) is 10.0. The van der Waals surface area contributed by atoms with Crippen molar-refractivity contribution in [1.29, 1.82) is 0 Å². The number of fused-ring (bicyclic) bond motifs is 1. The molecule has 1 aromatic heterocycles. The van der Waals surface area contributed by atoms with Crippen molar-refractivity contribution >= 4 is 42.9 Å². The number of benzene rings is 2. The molecule has 1 heterocycles. The minimum Gasteiger partial charge on any atom is -0.326 e. The number of hydrogen-bond donors (Lipinski definition) is 1. The van der Waals surface area contributed by atoms with Gasteiger partial charge < -0.3 is 10.3 Å². The summed E-state index contributed by atoms with van der Waals surface area (Å²) in [6.07, 6.45) is 0. The van der Waals surface area contributed by atoms with Gasteiger partial charge in [0.15, 0.2) is 0 Å². The monoisotopic (exact) mass is 407 g/mol. The van der Waals surface area contributed by atoms with Crippen LogP contribution in [0.1, 0.15) is 12.5 Å². The summed E-state index contributed by atoms with van der Waals surface area (Å²) in [4.78, 5) is 4.82. The molecule has 0 aliphatic carbocycles. The molecule has 0 spiro atoms. The van der Waals surface area contributed by atoms with Crippen molar-refractivity contribution in [3.8, 4) is 11.4 Å². The Morgan fingerprint density at radius 3 is 2.67 bits per heavy atom.